The Hall–Kier alpha value is -1.54. The summed E-state index contributed by atoms with van der Waals surface area (Å²) in [6.07, 6.45) is 1.71. The average molecular weight is 201 g/mol. The fourth-order valence-electron chi connectivity index (χ4n) is 1.82. The van der Waals surface area contributed by atoms with Crippen molar-refractivity contribution in [3.05, 3.63) is 59.5 Å². The van der Waals surface area contributed by atoms with E-state index in [1.807, 2.05) is 25.2 Å². The van der Waals surface area contributed by atoms with E-state index in [4.69, 9.17) is 4.42 Å². The highest BCUT2D eigenvalue weighted by Crippen LogP contribution is 2.24. The highest BCUT2D eigenvalue weighted by Gasteiger charge is 2.15. The van der Waals surface area contributed by atoms with Gasteiger partial charge in [0, 0.05) is 0 Å². The fraction of sp³-hybridized carbons (Fsp3) is 0.231. The third-order valence-electron chi connectivity index (χ3n) is 2.62. The van der Waals surface area contributed by atoms with E-state index < -0.39 is 0 Å². The van der Waals surface area contributed by atoms with Crippen molar-refractivity contribution in [3.8, 4) is 0 Å². The zero-order valence-corrected chi connectivity index (χ0v) is 9.03. The minimum Gasteiger partial charge on any atom is -0.467 e. The summed E-state index contributed by atoms with van der Waals surface area (Å²) in [6.45, 7) is 2.11. The molecule has 2 rings (SSSR count). The molecule has 0 fully saturated rings. The molecule has 1 heterocycles. The number of aryl methyl sites for hydroxylation is 1. The van der Waals surface area contributed by atoms with Crippen LogP contribution < -0.4 is 5.32 Å². The number of hydrogen-bond acceptors (Lipinski definition) is 2. The molecule has 0 bridgehead atoms. The summed E-state index contributed by atoms with van der Waals surface area (Å²) in [5, 5.41) is 3.27. The van der Waals surface area contributed by atoms with E-state index in [2.05, 4.69) is 30.4 Å². The SMILES string of the molecule is CNC(c1ccco1)c1ccccc1C. The molecule has 78 valence electrons. The second kappa shape index (κ2) is 4.32. The van der Waals surface area contributed by atoms with Gasteiger partial charge in [-0.05, 0) is 37.2 Å². The van der Waals surface area contributed by atoms with Gasteiger partial charge in [-0.2, -0.15) is 0 Å². The molecule has 0 aliphatic carbocycles. The van der Waals surface area contributed by atoms with Gasteiger partial charge in [-0.15, -0.1) is 0 Å². The van der Waals surface area contributed by atoms with E-state index in [0.29, 0.717) is 0 Å². The third kappa shape index (κ3) is 1.95. The number of benzene rings is 1. The predicted molar refractivity (Wildman–Crippen MR) is 60.8 cm³/mol. The maximum atomic E-state index is 5.43. The van der Waals surface area contributed by atoms with E-state index in [1.54, 1.807) is 6.26 Å². The molecule has 0 aliphatic rings. The standard InChI is InChI=1S/C13H15NO/c1-10-6-3-4-7-11(10)13(14-2)12-8-5-9-15-12/h3-9,13-14H,1-2H3. The first kappa shape index (κ1) is 9.99. The van der Waals surface area contributed by atoms with E-state index in [1.165, 1.54) is 11.1 Å². The molecular weight excluding hydrogens is 186 g/mol. The summed E-state index contributed by atoms with van der Waals surface area (Å²) in [6, 6.07) is 12.4. The third-order valence-corrected chi connectivity index (χ3v) is 2.62. The molecule has 1 unspecified atom stereocenters. The summed E-state index contributed by atoms with van der Waals surface area (Å²) < 4.78 is 5.43. The van der Waals surface area contributed by atoms with E-state index >= 15 is 0 Å². The van der Waals surface area contributed by atoms with E-state index in [9.17, 15) is 0 Å². The molecule has 0 amide bonds. The zero-order chi connectivity index (χ0) is 10.7. The lowest BCUT2D eigenvalue weighted by Crippen LogP contribution is -2.17. The van der Waals surface area contributed by atoms with Gasteiger partial charge >= 0.3 is 0 Å². The second-order valence-corrected chi connectivity index (χ2v) is 3.59. The molecule has 0 spiro atoms. The van der Waals surface area contributed by atoms with Crippen LogP contribution >= 0.6 is 0 Å². The predicted octanol–water partition coefficient (Wildman–Crippen LogP) is 2.90. The van der Waals surface area contributed by atoms with Gasteiger partial charge in [0.2, 0.25) is 0 Å². The Kier molecular flexibility index (Phi) is 2.88. The van der Waals surface area contributed by atoms with Crippen LogP contribution in [0.1, 0.15) is 22.9 Å². The van der Waals surface area contributed by atoms with Crippen LogP contribution in [-0.4, -0.2) is 7.05 Å². The Labute approximate surface area is 89.9 Å². The lowest BCUT2D eigenvalue weighted by atomic mass is 10.00. The van der Waals surface area contributed by atoms with Gasteiger partial charge in [0.1, 0.15) is 5.76 Å². The lowest BCUT2D eigenvalue weighted by molar-refractivity contribution is 0.462. The Morgan fingerprint density at radius 1 is 1.13 bits per heavy atom. The fourth-order valence-corrected chi connectivity index (χ4v) is 1.82. The van der Waals surface area contributed by atoms with Crippen LogP contribution in [0.3, 0.4) is 0 Å². The summed E-state index contributed by atoms with van der Waals surface area (Å²) in [7, 11) is 1.94. The molecule has 1 aromatic carbocycles. The molecule has 0 saturated carbocycles. The topological polar surface area (TPSA) is 25.2 Å². The van der Waals surface area contributed by atoms with Crippen molar-refractivity contribution in [1.82, 2.24) is 5.32 Å². The first-order valence-electron chi connectivity index (χ1n) is 5.09. The normalized spacial score (nSPS) is 12.7. The Bertz CT molecular complexity index is 420. The molecule has 1 atom stereocenters. The van der Waals surface area contributed by atoms with Crippen LogP contribution in [0.4, 0.5) is 0 Å². The van der Waals surface area contributed by atoms with Crippen LogP contribution in [0.5, 0.6) is 0 Å². The number of furan rings is 1. The Morgan fingerprint density at radius 2 is 1.93 bits per heavy atom. The van der Waals surface area contributed by atoms with Crippen molar-refractivity contribution in [2.24, 2.45) is 0 Å². The minimum absolute atomic E-state index is 0.140. The molecule has 0 saturated heterocycles. The van der Waals surface area contributed by atoms with Crippen LogP contribution in [0.15, 0.2) is 47.1 Å². The minimum atomic E-state index is 0.140. The van der Waals surface area contributed by atoms with Gasteiger partial charge in [-0.3, -0.25) is 0 Å². The van der Waals surface area contributed by atoms with Crippen molar-refractivity contribution in [3.63, 3.8) is 0 Å². The number of hydrogen-bond donors (Lipinski definition) is 1. The van der Waals surface area contributed by atoms with Gasteiger partial charge in [0.25, 0.3) is 0 Å². The molecule has 1 N–H and O–H groups in total. The monoisotopic (exact) mass is 201 g/mol. The molecule has 2 aromatic rings. The Balaban J connectivity index is 2.40. The van der Waals surface area contributed by atoms with Crippen molar-refractivity contribution in [1.29, 1.82) is 0 Å². The van der Waals surface area contributed by atoms with Crippen LogP contribution in [0.25, 0.3) is 0 Å². The quantitative estimate of drug-likeness (QED) is 0.826. The van der Waals surface area contributed by atoms with Crippen molar-refractivity contribution in [2.45, 2.75) is 13.0 Å². The van der Waals surface area contributed by atoms with Crippen LogP contribution in [0.2, 0.25) is 0 Å². The Morgan fingerprint density at radius 3 is 2.53 bits per heavy atom. The smallest absolute Gasteiger partial charge is 0.125 e. The zero-order valence-electron chi connectivity index (χ0n) is 9.03. The largest absolute Gasteiger partial charge is 0.467 e. The molecule has 2 heteroatoms. The van der Waals surface area contributed by atoms with E-state index in [0.717, 1.165) is 5.76 Å². The summed E-state index contributed by atoms with van der Waals surface area (Å²) in [5.41, 5.74) is 2.53. The average Bonchev–Trinajstić information content (AvgIpc) is 2.75. The molecule has 1 aromatic heterocycles. The highest BCUT2D eigenvalue weighted by atomic mass is 16.3. The van der Waals surface area contributed by atoms with Crippen molar-refractivity contribution in [2.75, 3.05) is 7.05 Å². The number of rotatable bonds is 3. The summed E-state index contributed by atoms with van der Waals surface area (Å²) >= 11 is 0. The maximum Gasteiger partial charge on any atom is 0.125 e. The van der Waals surface area contributed by atoms with Gasteiger partial charge in [0.05, 0.1) is 12.3 Å². The first-order chi connectivity index (χ1) is 7.33. The molecular formula is C13H15NO. The van der Waals surface area contributed by atoms with Gasteiger partial charge in [0.15, 0.2) is 0 Å². The van der Waals surface area contributed by atoms with E-state index in [-0.39, 0.29) is 6.04 Å². The van der Waals surface area contributed by atoms with Crippen molar-refractivity contribution < 1.29 is 4.42 Å². The maximum absolute atomic E-state index is 5.43. The molecule has 0 aliphatic heterocycles. The van der Waals surface area contributed by atoms with Gasteiger partial charge < -0.3 is 9.73 Å². The molecule has 0 radical (unpaired) electrons. The molecule has 2 nitrogen and oxygen atoms in total. The summed E-state index contributed by atoms with van der Waals surface area (Å²) in [5.74, 6) is 0.951. The van der Waals surface area contributed by atoms with Gasteiger partial charge in [-0.25, -0.2) is 0 Å². The summed E-state index contributed by atoms with van der Waals surface area (Å²) in [4.78, 5) is 0. The second-order valence-electron chi connectivity index (χ2n) is 3.59. The van der Waals surface area contributed by atoms with Crippen LogP contribution in [0, 0.1) is 6.92 Å². The van der Waals surface area contributed by atoms with Crippen LogP contribution in [-0.2, 0) is 0 Å². The van der Waals surface area contributed by atoms with Gasteiger partial charge in [-0.1, -0.05) is 24.3 Å². The number of nitrogens with one attached hydrogen (secondary N) is 1. The lowest BCUT2D eigenvalue weighted by Gasteiger charge is -2.16. The van der Waals surface area contributed by atoms with Crippen molar-refractivity contribution >= 4 is 0 Å². The highest BCUT2D eigenvalue weighted by molar-refractivity contribution is 5.33. The first-order valence-corrected chi connectivity index (χ1v) is 5.09. The molecule has 15 heavy (non-hydrogen) atoms.